The number of nitrogens with zero attached hydrogens (tertiary/aromatic N) is 5. The van der Waals surface area contributed by atoms with Gasteiger partial charge in [-0.1, -0.05) is 12.1 Å². The predicted molar refractivity (Wildman–Crippen MR) is 104 cm³/mol. The van der Waals surface area contributed by atoms with Gasteiger partial charge in [0.05, 0.1) is 23.4 Å². The second-order valence-electron chi connectivity index (χ2n) is 6.61. The third-order valence-corrected chi connectivity index (χ3v) is 4.61. The van der Waals surface area contributed by atoms with Crippen LogP contribution in [0.3, 0.4) is 0 Å². The highest BCUT2D eigenvalue weighted by Crippen LogP contribution is 2.29. The van der Waals surface area contributed by atoms with Crippen molar-refractivity contribution in [3.8, 4) is 6.07 Å². The topological polar surface area (TPSA) is 77.7 Å². The molecule has 132 valence electrons. The molecular formula is C20H22N6. The maximum atomic E-state index is 9.26. The van der Waals surface area contributed by atoms with Crippen LogP contribution in [-0.2, 0) is 0 Å². The minimum absolute atomic E-state index is 0.0144. The Labute approximate surface area is 153 Å². The third-order valence-electron chi connectivity index (χ3n) is 4.61. The van der Waals surface area contributed by atoms with Crippen LogP contribution >= 0.6 is 0 Å². The molecule has 0 amide bonds. The van der Waals surface area contributed by atoms with Gasteiger partial charge in [-0.3, -0.25) is 0 Å². The fourth-order valence-electron chi connectivity index (χ4n) is 3.04. The van der Waals surface area contributed by atoms with Crippen LogP contribution in [0, 0.1) is 25.2 Å². The zero-order valence-electron chi connectivity index (χ0n) is 15.7. The van der Waals surface area contributed by atoms with E-state index in [1.165, 1.54) is 0 Å². The van der Waals surface area contributed by atoms with Crippen LogP contribution in [0.1, 0.15) is 35.3 Å². The maximum Gasteiger partial charge on any atom is 0.157 e. The van der Waals surface area contributed by atoms with Gasteiger partial charge >= 0.3 is 0 Å². The molecule has 0 bridgehead atoms. The number of aromatic nitrogens is 3. The molecule has 0 unspecified atom stereocenters. The smallest absolute Gasteiger partial charge is 0.157 e. The minimum atomic E-state index is -0.0144. The molecule has 1 N–H and O–H groups in total. The molecule has 2 heterocycles. The average molecular weight is 346 g/mol. The Hall–Kier alpha value is -3.20. The Morgan fingerprint density at radius 1 is 1.15 bits per heavy atom. The van der Waals surface area contributed by atoms with E-state index < -0.39 is 0 Å². The molecule has 0 aliphatic carbocycles. The first-order valence-corrected chi connectivity index (χ1v) is 8.49. The lowest BCUT2D eigenvalue weighted by molar-refractivity contribution is 0.852. The van der Waals surface area contributed by atoms with E-state index >= 15 is 0 Å². The summed E-state index contributed by atoms with van der Waals surface area (Å²) in [6, 6.07) is 10.0. The first-order valence-electron chi connectivity index (χ1n) is 8.49. The van der Waals surface area contributed by atoms with E-state index in [1.807, 2.05) is 63.3 Å². The van der Waals surface area contributed by atoms with E-state index in [0.717, 1.165) is 33.4 Å². The summed E-state index contributed by atoms with van der Waals surface area (Å²) >= 11 is 0. The van der Waals surface area contributed by atoms with Gasteiger partial charge in [-0.15, -0.1) is 5.10 Å². The zero-order chi connectivity index (χ0) is 18.8. The number of pyridine rings is 1. The van der Waals surface area contributed by atoms with E-state index in [9.17, 15) is 5.26 Å². The Bertz CT molecular complexity index is 1000. The molecule has 26 heavy (non-hydrogen) atoms. The SMILES string of the molecule is Cc1c(C#N)cccc1[C@@H](C)Nc1nnc(C)c2cnc(N(C)C)cc12. The van der Waals surface area contributed by atoms with Crippen LogP contribution < -0.4 is 10.2 Å². The summed E-state index contributed by atoms with van der Waals surface area (Å²) in [5.41, 5.74) is 3.59. The summed E-state index contributed by atoms with van der Waals surface area (Å²) in [6.45, 7) is 5.96. The van der Waals surface area contributed by atoms with Gasteiger partial charge in [-0.25, -0.2) is 4.98 Å². The van der Waals surface area contributed by atoms with Gasteiger partial charge in [0.2, 0.25) is 0 Å². The van der Waals surface area contributed by atoms with E-state index in [2.05, 4.69) is 33.5 Å². The summed E-state index contributed by atoms with van der Waals surface area (Å²) in [7, 11) is 3.92. The quantitative estimate of drug-likeness (QED) is 0.775. The standard InChI is InChI=1S/C20H22N6/c1-12-15(10-21)7-6-8-16(12)13(2)23-20-17-9-19(26(4)5)22-11-18(17)14(3)24-25-20/h6-9,11,13H,1-5H3,(H,23,25)/t13-/m1/s1. The Morgan fingerprint density at radius 3 is 2.62 bits per heavy atom. The van der Waals surface area contributed by atoms with Crippen molar-refractivity contribution in [2.75, 3.05) is 24.3 Å². The monoisotopic (exact) mass is 346 g/mol. The molecule has 2 aromatic heterocycles. The van der Waals surface area contributed by atoms with Crippen LogP contribution in [0.4, 0.5) is 11.6 Å². The molecule has 1 atom stereocenters. The van der Waals surface area contributed by atoms with Crippen LogP contribution in [0.25, 0.3) is 10.8 Å². The molecule has 3 aromatic rings. The summed E-state index contributed by atoms with van der Waals surface area (Å²) in [5.74, 6) is 1.58. The minimum Gasteiger partial charge on any atom is -0.363 e. The Morgan fingerprint density at radius 2 is 1.92 bits per heavy atom. The van der Waals surface area contributed by atoms with E-state index in [4.69, 9.17) is 0 Å². The predicted octanol–water partition coefficient (Wildman–Crippen LogP) is 3.75. The molecular weight excluding hydrogens is 324 g/mol. The number of rotatable bonds is 4. The first-order chi connectivity index (χ1) is 12.4. The second kappa shape index (κ2) is 6.96. The number of fused-ring (bicyclic) bond motifs is 1. The Kier molecular flexibility index (Phi) is 4.72. The molecule has 0 aliphatic rings. The fraction of sp³-hybridized carbons (Fsp3) is 0.300. The van der Waals surface area contributed by atoms with Crippen molar-refractivity contribution in [2.24, 2.45) is 0 Å². The van der Waals surface area contributed by atoms with Crippen LogP contribution in [0.5, 0.6) is 0 Å². The molecule has 6 nitrogen and oxygen atoms in total. The van der Waals surface area contributed by atoms with Gasteiger partial charge in [0.25, 0.3) is 0 Å². The fourth-order valence-corrected chi connectivity index (χ4v) is 3.04. The highest BCUT2D eigenvalue weighted by atomic mass is 15.2. The Balaban J connectivity index is 2.05. The lowest BCUT2D eigenvalue weighted by Crippen LogP contribution is -2.13. The molecule has 1 aromatic carbocycles. The molecule has 3 rings (SSSR count). The molecule has 0 fully saturated rings. The summed E-state index contributed by atoms with van der Waals surface area (Å²) < 4.78 is 0. The van der Waals surface area contributed by atoms with Gasteiger partial charge < -0.3 is 10.2 Å². The number of benzene rings is 1. The van der Waals surface area contributed by atoms with E-state index in [1.54, 1.807) is 0 Å². The lowest BCUT2D eigenvalue weighted by Gasteiger charge is -2.19. The van der Waals surface area contributed by atoms with Gasteiger partial charge in [-0.2, -0.15) is 10.4 Å². The number of anilines is 2. The summed E-state index contributed by atoms with van der Waals surface area (Å²) in [5, 5.41) is 23.3. The van der Waals surface area contributed by atoms with E-state index in [0.29, 0.717) is 11.4 Å². The van der Waals surface area contributed by atoms with Crippen molar-refractivity contribution in [3.63, 3.8) is 0 Å². The van der Waals surface area contributed by atoms with Gasteiger partial charge in [0.15, 0.2) is 5.82 Å². The normalized spacial score (nSPS) is 11.8. The zero-order valence-corrected chi connectivity index (χ0v) is 15.7. The van der Waals surface area contributed by atoms with Crippen LogP contribution in [0.15, 0.2) is 30.5 Å². The summed E-state index contributed by atoms with van der Waals surface area (Å²) in [6.07, 6.45) is 1.84. The van der Waals surface area contributed by atoms with Gasteiger partial charge in [0.1, 0.15) is 5.82 Å². The highest BCUT2D eigenvalue weighted by molar-refractivity contribution is 5.94. The molecule has 6 heteroatoms. The third kappa shape index (κ3) is 3.16. The largest absolute Gasteiger partial charge is 0.363 e. The van der Waals surface area contributed by atoms with E-state index in [-0.39, 0.29) is 6.04 Å². The molecule has 0 aliphatic heterocycles. The number of nitrogens with one attached hydrogen (secondary N) is 1. The second-order valence-corrected chi connectivity index (χ2v) is 6.61. The number of aryl methyl sites for hydroxylation is 1. The molecule has 0 radical (unpaired) electrons. The number of hydrogen-bond donors (Lipinski definition) is 1. The van der Waals surface area contributed by atoms with Crippen molar-refractivity contribution in [2.45, 2.75) is 26.8 Å². The highest BCUT2D eigenvalue weighted by Gasteiger charge is 2.15. The summed E-state index contributed by atoms with van der Waals surface area (Å²) in [4.78, 5) is 6.44. The van der Waals surface area contributed by atoms with Gasteiger partial charge in [-0.05, 0) is 44.0 Å². The van der Waals surface area contributed by atoms with Crippen molar-refractivity contribution in [3.05, 3.63) is 52.8 Å². The van der Waals surface area contributed by atoms with Crippen LogP contribution in [-0.4, -0.2) is 29.3 Å². The average Bonchev–Trinajstić information content (AvgIpc) is 2.63. The molecule has 0 saturated carbocycles. The number of hydrogen-bond acceptors (Lipinski definition) is 6. The first kappa shape index (κ1) is 17.6. The molecule has 0 saturated heterocycles. The van der Waals surface area contributed by atoms with Gasteiger partial charge in [0, 0.05) is 31.1 Å². The lowest BCUT2D eigenvalue weighted by atomic mass is 9.98. The van der Waals surface area contributed by atoms with Crippen molar-refractivity contribution in [1.29, 1.82) is 5.26 Å². The van der Waals surface area contributed by atoms with Crippen molar-refractivity contribution < 1.29 is 0 Å². The molecule has 0 spiro atoms. The van der Waals surface area contributed by atoms with Crippen LogP contribution in [0.2, 0.25) is 0 Å². The van der Waals surface area contributed by atoms with Crippen molar-refractivity contribution >= 4 is 22.4 Å². The maximum absolute atomic E-state index is 9.26. The van der Waals surface area contributed by atoms with Crippen molar-refractivity contribution in [1.82, 2.24) is 15.2 Å². The number of nitriles is 1.